The summed E-state index contributed by atoms with van der Waals surface area (Å²) in [5.74, 6) is 2.62. The van der Waals surface area contributed by atoms with Gasteiger partial charge in [-0.15, -0.1) is 5.10 Å². The van der Waals surface area contributed by atoms with E-state index in [1.54, 1.807) is 0 Å². The van der Waals surface area contributed by atoms with Gasteiger partial charge < -0.3 is 9.47 Å². The number of ether oxygens (including phenoxy) is 2. The molecule has 3 aromatic carbocycles. The van der Waals surface area contributed by atoms with E-state index in [9.17, 15) is 4.79 Å². The predicted molar refractivity (Wildman–Crippen MR) is 180 cm³/mol. The monoisotopic (exact) mass is 619 g/mol. The first-order chi connectivity index (χ1) is 21.9. The van der Waals surface area contributed by atoms with Gasteiger partial charge in [-0.2, -0.15) is 14.6 Å². The maximum Gasteiger partial charge on any atom is 0.291 e. The van der Waals surface area contributed by atoms with E-state index in [-0.39, 0.29) is 5.56 Å². The second-order valence-electron chi connectivity index (χ2n) is 11.5. The molecule has 0 fully saturated rings. The second kappa shape index (κ2) is 13.5. The van der Waals surface area contributed by atoms with Gasteiger partial charge in [0.1, 0.15) is 17.2 Å². The van der Waals surface area contributed by atoms with Gasteiger partial charge in [-0.3, -0.25) is 4.79 Å². The maximum absolute atomic E-state index is 13.5. The molecular formula is C36H37N5O3S. The summed E-state index contributed by atoms with van der Waals surface area (Å²) >= 11 is 1.32. The third-order valence-corrected chi connectivity index (χ3v) is 8.34. The minimum Gasteiger partial charge on any atom is -0.494 e. The average Bonchev–Trinajstić information content (AvgIpc) is 3.74. The van der Waals surface area contributed by atoms with Crippen LogP contribution in [0.25, 0.3) is 39.4 Å². The van der Waals surface area contributed by atoms with Gasteiger partial charge in [-0.25, -0.2) is 4.68 Å². The summed E-state index contributed by atoms with van der Waals surface area (Å²) in [7, 11) is 0. The molecule has 9 heteroatoms. The molecule has 0 saturated heterocycles. The van der Waals surface area contributed by atoms with E-state index >= 15 is 0 Å². The van der Waals surface area contributed by atoms with E-state index in [1.165, 1.54) is 15.9 Å². The molecule has 230 valence electrons. The summed E-state index contributed by atoms with van der Waals surface area (Å²) < 4.78 is 15.6. The molecule has 6 rings (SSSR count). The lowest BCUT2D eigenvalue weighted by Crippen LogP contribution is -2.23. The molecule has 0 saturated carbocycles. The summed E-state index contributed by atoms with van der Waals surface area (Å²) in [6.07, 6.45) is 7.19. The molecule has 45 heavy (non-hydrogen) atoms. The molecule has 0 radical (unpaired) electrons. The van der Waals surface area contributed by atoms with E-state index in [1.807, 2.05) is 90.6 Å². The molecule has 0 amide bonds. The lowest BCUT2D eigenvalue weighted by atomic mass is 10.0. The number of fused-ring (bicyclic) bond motifs is 1. The Bertz CT molecular complexity index is 2010. The van der Waals surface area contributed by atoms with Crippen LogP contribution in [0.15, 0.2) is 83.8 Å². The number of hydrogen-bond donors (Lipinski definition) is 0. The molecular weight excluding hydrogens is 582 g/mol. The standard InChI is InChI=1S/C36H37N5O3S/c1-5-6-10-19-43-30-16-13-26(14-17-30)34-37-36-41(39-34)35(42)32(45-36)21-28-22-40(29-11-8-7-9-12-29)38-33(28)27-15-18-31(25(4)20-27)44-23-24(2)3/h7-9,11-18,20-22,24H,5-6,10,19,23H2,1-4H3/b32-21-. The largest absolute Gasteiger partial charge is 0.494 e. The lowest BCUT2D eigenvalue weighted by molar-refractivity contribution is 0.269. The van der Waals surface area contributed by atoms with Crippen LogP contribution in [0.5, 0.6) is 11.5 Å². The Labute approximate surface area is 266 Å². The number of unbranched alkanes of at least 4 members (excludes halogenated alkanes) is 2. The van der Waals surface area contributed by atoms with Crippen molar-refractivity contribution < 1.29 is 9.47 Å². The average molecular weight is 620 g/mol. The van der Waals surface area contributed by atoms with Gasteiger partial charge in [0, 0.05) is 22.9 Å². The van der Waals surface area contributed by atoms with Gasteiger partial charge in [0.2, 0.25) is 4.96 Å². The zero-order valence-electron chi connectivity index (χ0n) is 26.1. The molecule has 0 atom stereocenters. The van der Waals surface area contributed by atoms with Crippen LogP contribution in [0, 0.1) is 12.8 Å². The summed E-state index contributed by atoms with van der Waals surface area (Å²) in [4.78, 5) is 18.8. The van der Waals surface area contributed by atoms with Crippen molar-refractivity contribution in [3.8, 4) is 39.8 Å². The summed E-state index contributed by atoms with van der Waals surface area (Å²) in [5.41, 5.74) is 5.12. The number of rotatable bonds is 12. The number of aryl methyl sites for hydroxylation is 1. The summed E-state index contributed by atoms with van der Waals surface area (Å²) in [6, 6.07) is 23.7. The van der Waals surface area contributed by atoms with Gasteiger partial charge in [0.25, 0.3) is 5.56 Å². The molecule has 0 aliphatic rings. The van der Waals surface area contributed by atoms with Crippen LogP contribution < -0.4 is 19.6 Å². The van der Waals surface area contributed by atoms with Crippen LogP contribution in [0.2, 0.25) is 0 Å². The van der Waals surface area contributed by atoms with E-state index in [2.05, 4.69) is 36.9 Å². The van der Waals surface area contributed by atoms with Crippen molar-refractivity contribution in [2.75, 3.05) is 13.2 Å². The number of hydrogen-bond acceptors (Lipinski definition) is 7. The predicted octanol–water partition coefficient (Wildman–Crippen LogP) is 7.13. The minimum atomic E-state index is -0.211. The number of benzene rings is 3. The van der Waals surface area contributed by atoms with Crippen molar-refractivity contribution >= 4 is 22.4 Å². The third-order valence-electron chi connectivity index (χ3n) is 7.38. The van der Waals surface area contributed by atoms with Crippen molar-refractivity contribution in [2.45, 2.75) is 47.0 Å². The normalized spacial score (nSPS) is 12.0. The first-order valence-corrected chi connectivity index (χ1v) is 16.2. The van der Waals surface area contributed by atoms with E-state index in [0.717, 1.165) is 64.4 Å². The van der Waals surface area contributed by atoms with Gasteiger partial charge in [-0.1, -0.05) is 63.1 Å². The smallest absolute Gasteiger partial charge is 0.291 e. The van der Waals surface area contributed by atoms with Crippen LogP contribution in [-0.4, -0.2) is 37.6 Å². The maximum atomic E-state index is 13.5. The molecule has 0 aliphatic heterocycles. The van der Waals surface area contributed by atoms with Gasteiger partial charge in [0.05, 0.1) is 23.4 Å². The molecule has 8 nitrogen and oxygen atoms in total. The SMILES string of the molecule is CCCCCOc1ccc(-c2nc3s/c(=C\c4cn(-c5ccccc5)nc4-c4ccc(OCC(C)C)c(C)c4)c(=O)n3n2)cc1. The summed E-state index contributed by atoms with van der Waals surface area (Å²) in [5, 5.41) is 9.50. The minimum absolute atomic E-state index is 0.211. The lowest BCUT2D eigenvalue weighted by Gasteiger charge is -2.12. The highest BCUT2D eigenvalue weighted by molar-refractivity contribution is 7.15. The van der Waals surface area contributed by atoms with Gasteiger partial charge in [-0.05, 0) is 85.5 Å². The zero-order valence-corrected chi connectivity index (χ0v) is 26.9. The number of nitrogens with zero attached hydrogens (tertiary/aromatic N) is 5. The fourth-order valence-electron chi connectivity index (χ4n) is 4.98. The van der Waals surface area contributed by atoms with Crippen LogP contribution in [-0.2, 0) is 0 Å². The molecule has 6 aromatic rings. The van der Waals surface area contributed by atoms with Crippen molar-refractivity contribution in [2.24, 2.45) is 5.92 Å². The Kier molecular flexibility index (Phi) is 9.07. The third kappa shape index (κ3) is 6.83. The Morgan fingerprint density at radius 1 is 0.933 bits per heavy atom. The van der Waals surface area contributed by atoms with Crippen LogP contribution in [0.4, 0.5) is 0 Å². The fourth-order valence-corrected chi connectivity index (χ4v) is 5.88. The van der Waals surface area contributed by atoms with E-state index in [0.29, 0.717) is 34.4 Å². The van der Waals surface area contributed by atoms with Crippen molar-refractivity contribution in [3.05, 3.63) is 105 Å². The molecule has 0 N–H and O–H groups in total. The molecule has 3 heterocycles. The highest BCUT2D eigenvalue weighted by Crippen LogP contribution is 2.29. The van der Waals surface area contributed by atoms with Gasteiger partial charge in [0.15, 0.2) is 5.82 Å². The van der Waals surface area contributed by atoms with Crippen LogP contribution in [0.3, 0.4) is 0 Å². The number of thiazole rings is 1. The fraction of sp³-hybridized carbons (Fsp3) is 0.278. The molecule has 0 unspecified atom stereocenters. The van der Waals surface area contributed by atoms with Crippen molar-refractivity contribution in [3.63, 3.8) is 0 Å². The number of para-hydroxylation sites is 1. The second-order valence-corrected chi connectivity index (χ2v) is 12.5. The molecule has 0 aliphatic carbocycles. The molecule has 3 aromatic heterocycles. The molecule has 0 spiro atoms. The highest BCUT2D eigenvalue weighted by Gasteiger charge is 2.16. The van der Waals surface area contributed by atoms with Crippen LogP contribution in [0.1, 0.15) is 51.2 Å². The van der Waals surface area contributed by atoms with Crippen LogP contribution >= 0.6 is 11.3 Å². The Morgan fingerprint density at radius 2 is 1.71 bits per heavy atom. The first-order valence-electron chi connectivity index (χ1n) is 15.4. The zero-order chi connectivity index (χ0) is 31.3. The topological polar surface area (TPSA) is 83.5 Å². The van der Waals surface area contributed by atoms with E-state index < -0.39 is 0 Å². The summed E-state index contributed by atoms with van der Waals surface area (Å²) in [6.45, 7) is 9.84. The van der Waals surface area contributed by atoms with Crippen molar-refractivity contribution in [1.29, 1.82) is 0 Å². The Balaban J connectivity index is 1.33. The quantitative estimate of drug-likeness (QED) is 0.136. The highest BCUT2D eigenvalue weighted by atomic mass is 32.1. The first kappa shape index (κ1) is 30.3. The Morgan fingerprint density at radius 3 is 2.42 bits per heavy atom. The Hall–Kier alpha value is -4.76. The molecule has 0 bridgehead atoms. The number of aromatic nitrogens is 5. The van der Waals surface area contributed by atoms with Crippen molar-refractivity contribution in [1.82, 2.24) is 24.4 Å². The van der Waals surface area contributed by atoms with E-state index in [4.69, 9.17) is 14.6 Å². The van der Waals surface area contributed by atoms with Gasteiger partial charge >= 0.3 is 0 Å².